The normalized spacial score (nSPS) is 10.6. The molecule has 3 aromatic rings. The standard InChI is InChI=1S/C14H12N4O2S/c1-8-13(17-18-21-8)14(19)16-10-5-9-3-4-11(20-2)6-12(9)15-7-10/h3-7H,1-2H3,(H,16,19). The molecule has 0 spiro atoms. The van der Waals surface area contributed by atoms with Crippen molar-refractivity contribution >= 4 is 34.0 Å². The van der Waals surface area contributed by atoms with Crippen molar-refractivity contribution in [2.75, 3.05) is 12.4 Å². The predicted octanol–water partition coefficient (Wildman–Crippen LogP) is 2.66. The van der Waals surface area contributed by atoms with E-state index in [1.54, 1.807) is 13.3 Å². The quantitative estimate of drug-likeness (QED) is 0.804. The van der Waals surface area contributed by atoms with Crippen LogP contribution < -0.4 is 10.1 Å². The second-order valence-electron chi connectivity index (χ2n) is 4.41. The molecular weight excluding hydrogens is 288 g/mol. The number of methoxy groups -OCH3 is 1. The zero-order chi connectivity index (χ0) is 14.8. The molecule has 3 rings (SSSR count). The van der Waals surface area contributed by atoms with Gasteiger partial charge in [0, 0.05) is 11.5 Å². The van der Waals surface area contributed by atoms with Crippen LogP contribution in [-0.4, -0.2) is 27.6 Å². The Hall–Kier alpha value is -2.54. The van der Waals surface area contributed by atoms with Crippen LogP contribution in [0.1, 0.15) is 15.4 Å². The van der Waals surface area contributed by atoms with Crippen LogP contribution in [0.25, 0.3) is 10.9 Å². The molecule has 1 N–H and O–H groups in total. The number of hydrogen-bond donors (Lipinski definition) is 1. The molecule has 0 saturated heterocycles. The van der Waals surface area contributed by atoms with Gasteiger partial charge in [-0.15, -0.1) is 5.10 Å². The monoisotopic (exact) mass is 300 g/mol. The highest BCUT2D eigenvalue weighted by atomic mass is 32.1. The summed E-state index contributed by atoms with van der Waals surface area (Å²) >= 11 is 1.20. The van der Waals surface area contributed by atoms with Gasteiger partial charge in [-0.25, -0.2) is 0 Å². The number of nitrogens with one attached hydrogen (secondary N) is 1. The van der Waals surface area contributed by atoms with E-state index in [0.717, 1.165) is 21.5 Å². The summed E-state index contributed by atoms with van der Waals surface area (Å²) in [6.45, 7) is 1.81. The van der Waals surface area contributed by atoms with Crippen LogP contribution in [0.5, 0.6) is 5.75 Å². The molecule has 0 atom stereocenters. The molecule has 6 nitrogen and oxygen atoms in total. The smallest absolute Gasteiger partial charge is 0.277 e. The molecule has 0 aliphatic carbocycles. The fourth-order valence-corrected chi connectivity index (χ4v) is 2.39. The van der Waals surface area contributed by atoms with Crippen LogP contribution in [0.4, 0.5) is 5.69 Å². The van der Waals surface area contributed by atoms with E-state index >= 15 is 0 Å². The lowest BCUT2D eigenvalue weighted by Crippen LogP contribution is -2.13. The van der Waals surface area contributed by atoms with E-state index in [1.807, 2.05) is 31.2 Å². The number of benzene rings is 1. The van der Waals surface area contributed by atoms with Crippen molar-refractivity contribution in [3.63, 3.8) is 0 Å². The number of carbonyl (C=O) groups is 1. The molecular formula is C14H12N4O2S. The molecule has 106 valence electrons. The topological polar surface area (TPSA) is 77.0 Å². The molecule has 1 amide bonds. The van der Waals surface area contributed by atoms with Crippen LogP contribution in [0.2, 0.25) is 0 Å². The van der Waals surface area contributed by atoms with Gasteiger partial charge in [-0.05, 0) is 36.7 Å². The molecule has 0 unspecified atom stereocenters. The van der Waals surface area contributed by atoms with Gasteiger partial charge in [-0.2, -0.15) is 0 Å². The fourth-order valence-electron chi connectivity index (χ4n) is 1.93. The first-order valence-corrected chi connectivity index (χ1v) is 6.99. The summed E-state index contributed by atoms with van der Waals surface area (Å²) < 4.78 is 8.91. The van der Waals surface area contributed by atoms with Gasteiger partial charge in [-0.1, -0.05) is 4.49 Å². The van der Waals surface area contributed by atoms with Gasteiger partial charge >= 0.3 is 0 Å². The van der Waals surface area contributed by atoms with E-state index in [4.69, 9.17) is 4.74 Å². The van der Waals surface area contributed by atoms with Gasteiger partial charge in [0.15, 0.2) is 5.69 Å². The number of hydrogen-bond acceptors (Lipinski definition) is 6. The fraction of sp³-hybridized carbons (Fsp3) is 0.143. The molecule has 0 saturated carbocycles. The predicted molar refractivity (Wildman–Crippen MR) is 80.9 cm³/mol. The summed E-state index contributed by atoms with van der Waals surface area (Å²) in [5, 5.41) is 7.51. The Morgan fingerprint density at radius 2 is 2.19 bits per heavy atom. The summed E-state index contributed by atoms with van der Waals surface area (Å²) in [7, 11) is 1.61. The van der Waals surface area contributed by atoms with E-state index < -0.39 is 0 Å². The molecule has 0 aliphatic rings. The minimum Gasteiger partial charge on any atom is -0.497 e. The highest BCUT2D eigenvalue weighted by Crippen LogP contribution is 2.22. The van der Waals surface area contributed by atoms with E-state index in [-0.39, 0.29) is 5.91 Å². The van der Waals surface area contributed by atoms with Crippen molar-refractivity contribution in [2.24, 2.45) is 0 Å². The third kappa shape index (κ3) is 2.68. The maximum absolute atomic E-state index is 12.1. The van der Waals surface area contributed by atoms with Crippen LogP contribution >= 0.6 is 11.5 Å². The Morgan fingerprint density at radius 1 is 1.33 bits per heavy atom. The van der Waals surface area contributed by atoms with Crippen LogP contribution in [0.15, 0.2) is 30.5 Å². The molecule has 0 radical (unpaired) electrons. The van der Waals surface area contributed by atoms with Crippen molar-refractivity contribution in [3.05, 3.63) is 41.0 Å². The highest BCUT2D eigenvalue weighted by molar-refractivity contribution is 7.05. The summed E-state index contributed by atoms with van der Waals surface area (Å²) in [6.07, 6.45) is 1.61. The van der Waals surface area contributed by atoms with Gasteiger partial charge in [0.2, 0.25) is 0 Å². The number of aryl methyl sites for hydroxylation is 1. The molecule has 0 bridgehead atoms. The Morgan fingerprint density at radius 3 is 2.90 bits per heavy atom. The number of ether oxygens (including phenoxy) is 1. The number of aromatic nitrogens is 3. The number of rotatable bonds is 3. The summed E-state index contributed by atoms with van der Waals surface area (Å²) in [6, 6.07) is 7.45. The lowest BCUT2D eigenvalue weighted by atomic mass is 10.2. The molecule has 7 heteroatoms. The summed E-state index contributed by atoms with van der Waals surface area (Å²) in [5.74, 6) is 0.465. The van der Waals surface area contributed by atoms with Gasteiger partial charge in [0.05, 0.1) is 29.4 Å². The van der Waals surface area contributed by atoms with Crippen molar-refractivity contribution in [1.82, 2.24) is 14.6 Å². The van der Waals surface area contributed by atoms with Crippen LogP contribution in [0.3, 0.4) is 0 Å². The SMILES string of the molecule is COc1ccc2cc(NC(=O)c3nnsc3C)cnc2c1. The van der Waals surface area contributed by atoms with Gasteiger partial charge in [0.1, 0.15) is 5.75 Å². The third-order valence-electron chi connectivity index (χ3n) is 3.02. The lowest BCUT2D eigenvalue weighted by molar-refractivity contribution is 0.102. The Bertz CT molecular complexity index is 816. The molecule has 2 aromatic heterocycles. The first-order valence-electron chi connectivity index (χ1n) is 6.21. The lowest BCUT2D eigenvalue weighted by Gasteiger charge is -2.06. The van der Waals surface area contributed by atoms with Gasteiger partial charge in [-0.3, -0.25) is 9.78 Å². The maximum atomic E-state index is 12.1. The van der Waals surface area contributed by atoms with E-state index in [1.165, 1.54) is 11.5 Å². The number of anilines is 1. The average molecular weight is 300 g/mol. The van der Waals surface area contributed by atoms with Gasteiger partial charge < -0.3 is 10.1 Å². The number of amides is 1. The summed E-state index contributed by atoms with van der Waals surface area (Å²) in [5.41, 5.74) is 1.76. The van der Waals surface area contributed by atoms with E-state index in [0.29, 0.717) is 11.4 Å². The Balaban J connectivity index is 1.88. The van der Waals surface area contributed by atoms with Crippen LogP contribution in [-0.2, 0) is 0 Å². The number of nitrogens with zero attached hydrogens (tertiary/aromatic N) is 3. The maximum Gasteiger partial charge on any atom is 0.277 e. The highest BCUT2D eigenvalue weighted by Gasteiger charge is 2.13. The summed E-state index contributed by atoms with van der Waals surface area (Å²) in [4.78, 5) is 17.2. The number of pyridine rings is 1. The van der Waals surface area contributed by atoms with Crippen molar-refractivity contribution in [1.29, 1.82) is 0 Å². The molecule has 0 aliphatic heterocycles. The largest absolute Gasteiger partial charge is 0.497 e. The number of carbonyl (C=O) groups excluding carboxylic acids is 1. The first-order chi connectivity index (χ1) is 10.2. The molecule has 2 heterocycles. The van der Waals surface area contributed by atoms with E-state index in [2.05, 4.69) is 19.9 Å². The molecule has 0 fully saturated rings. The van der Waals surface area contributed by atoms with Crippen molar-refractivity contribution in [3.8, 4) is 5.75 Å². The number of fused-ring (bicyclic) bond motifs is 1. The Kier molecular flexibility index (Phi) is 3.49. The minimum absolute atomic E-state index is 0.282. The van der Waals surface area contributed by atoms with Crippen molar-refractivity contribution < 1.29 is 9.53 Å². The first kappa shape index (κ1) is 13.4. The second kappa shape index (κ2) is 5.45. The van der Waals surface area contributed by atoms with E-state index in [9.17, 15) is 4.79 Å². The molecule has 21 heavy (non-hydrogen) atoms. The minimum atomic E-state index is -0.282. The Labute approximate surface area is 124 Å². The van der Waals surface area contributed by atoms with Crippen molar-refractivity contribution in [2.45, 2.75) is 6.92 Å². The average Bonchev–Trinajstić information content (AvgIpc) is 2.93. The molecule has 1 aromatic carbocycles. The second-order valence-corrected chi connectivity index (χ2v) is 5.37. The van der Waals surface area contributed by atoms with Gasteiger partial charge in [0.25, 0.3) is 5.91 Å². The zero-order valence-electron chi connectivity index (χ0n) is 11.5. The zero-order valence-corrected chi connectivity index (χ0v) is 12.3. The van der Waals surface area contributed by atoms with Crippen LogP contribution in [0, 0.1) is 6.92 Å². The third-order valence-corrected chi connectivity index (χ3v) is 3.65.